The highest BCUT2D eigenvalue weighted by Gasteiger charge is 2.10. The summed E-state index contributed by atoms with van der Waals surface area (Å²) < 4.78 is 10.8. The van der Waals surface area contributed by atoms with Crippen molar-refractivity contribution in [3.05, 3.63) is 59.8 Å². The number of carbonyl (C=O) groups excluding carboxylic acids is 1. The first-order valence-corrected chi connectivity index (χ1v) is 7.87. The largest absolute Gasteiger partial charge is 0.493 e. The topological polar surface area (TPSA) is 63.3 Å². The maximum atomic E-state index is 12.3. The lowest BCUT2D eigenvalue weighted by Crippen LogP contribution is -2.23. The lowest BCUT2D eigenvalue weighted by atomic mass is 10.2. The molecule has 5 heteroatoms. The van der Waals surface area contributed by atoms with Crippen molar-refractivity contribution in [3.8, 4) is 11.5 Å². The highest BCUT2D eigenvalue weighted by Crippen LogP contribution is 2.28. The lowest BCUT2D eigenvalue weighted by Gasteiger charge is -2.11. The number of hydrogen-bond acceptors (Lipinski definition) is 3. The summed E-state index contributed by atoms with van der Waals surface area (Å²) in [5.74, 6) is 1.22. The summed E-state index contributed by atoms with van der Waals surface area (Å²) in [6, 6.07) is 15.3. The fourth-order valence-electron chi connectivity index (χ4n) is 2.57. The van der Waals surface area contributed by atoms with Gasteiger partial charge in [0, 0.05) is 17.4 Å². The van der Waals surface area contributed by atoms with Crippen LogP contribution in [0.5, 0.6) is 11.5 Å². The molecule has 3 rings (SSSR count). The van der Waals surface area contributed by atoms with E-state index in [1.54, 1.807) is 7.11 Å². The maximum Gasteiger partial charge on any atom is 0.267 e. The number of rotatable bonds is 6. The first-order valence-electron chi connectivity index (χ1n) is 7.87. The average molecular weight is 324 g/mol. The van der Waals surface area contributed by atoms with Crippen LogP contribution in [0.25, 0.3) is 10.9 Å². The van der Waals surface area contributed by atoms with Crippen LogP contribution in [0, 0.1) is 0 Å². The Bertz CT molecular complexity index is 822. The molecule has 2 N–H and O–H groups in total. The second-order valence-electron chi connectivity index (χ2n) is 5.37. The van der Waals surface area contributed by atoms with Gasteiger partial charge in [-0.2, -0.15) is 0 Å². The van der Waals surface area contributed by atoms with Crippen molar-refractivity contribution in [2.24, 2.45) is 0 Å². The number of amides is 1. The van der Waals surface area contributed by atoms with Gasteiger partial charge in [0.1, 0.15) is 5.69 Å². The molecule has 3 aromatic rings. The fraction of sp³-hybridized carbons (Fsp3) is 0.211. The minimum absolute atomic E-state index is 0.139. The monoisotopic (exact) mass is 324 g/mol. The number of hydrogen-bond donors (Lipinski definition) is 2. The Labute approximate surface area is 140 Å². The van der Waals surface area contributed by atoms with E-state index < -0.39 is 0 Å². The van der Waals surface area contributed by atoms with Crippen molar-refractivity contribution in [2.75, 3.05) is 13.7 Å². The molecular formula is C19H20N2O3. The van der Waals surface area contributed by atoms with E-state index in [1.165, 1.54) is 0 Å². The molecule has 0 unspecified atom stereocenters. The molecule has 0 spiro atoms. The van der Waals surface area contributed by atoms with Gasteiger partial charge >= 0.3 is 0 Å². The summed E-state index contributed by atoms with van der Waals surface area (Å²) in [5, 5.41) is 3.94. The molecular weight excluding hydrogens is 304 g/mol. The normalized spacial score (nSPS) is 10.6. The highest BCUT2D eigenvalue weighted by atomic mass is 16.5. The van der Waals surface area contributed by atoms with Gasteiger partial charge in [-0.3, -0.25) is 4.79 Å². The Balaban J connectivity index is 1.70. The van der Waals surface area contributed by atoms with Crippen LogP contribution in [0.2, 0.25) is 0 Å². The summed E-state index contributed by atoms with van der Waals surface area (Å²) in [6.07, 6.45) is 0. The van der Waals surface area contributed by atoms with Crippen molar-refractivity contribution in [3.63, 3.8) is 0 Å². The third kappa shape index (κ3) is 3.35. The van der Waals surface area contributed by atoms with Crippen molar-refractivity contribution >= 4 is 16.8 Å². The van der Waals surface area contributed by atoms with Gasteiger partial charge < -0.3 is 19.8 Å². The van der Waals surface area contributed by atoms with E-state index in [1.807, 2.05) is 55.5 Å². The molecule has 5 nitrogen and oxygen atoms in total. The number of nitrogens with one attached hydrogen (secondary N) is 2. The molecule has 1 heterocycles. The van der Waals surface area contributed by atoms with E-state index >= 15 is 0 Å². The fourth-order valence-corrected chi connectivity index (χ4v) is 2.57. The summed E-state index contributed by atoms with van der Waals surface area (Å²) in [4.78, 5) is 15.4. The van der Waals surface area contributed by atoms with Crippen molar-refractivity contribution in [1.82, 2.24) is 10.3 Å². The number of benzene rings is 2. The average Bonchev–Trinajstić information content (AvgIpc) is 3.04. The zero-order valence-electron chi connectivity index (χ0n) is 13.8. The first-order chi connectivity index (χ1) is 11.7. The third-order valence-electron chi connectivity index (χ3n) is 3.76. The molecule has 0 fully saturated rings. The van der Waals surface area contributed by atoms with Crippen LogP contribution in [0.3, 0.4) is 0 Å². The van der Waals surface area contributed by atoms with E-state index in [9.17, 15) is 4.79 Å². The molecule has 2 aromatic carbocycles. The summed E-state index contributed by atoms with van der Waals surface area (Å²) in [5.41, 5.74) is 2.45. The molecule has 0 atom stereocenters. The minimum atomic E-state index is -0.139. The van der Waals surface area contributed by atoms with Crippen LogP contribution in [0.4, 0.5) is 0 Å². The molecule has 0 aliphatic rings. The Morgan fingerprint density at radius 1 is 1.12 bits per heavy atom. The molecule has 0 aliphatic carbocycles. The predicted octanol–water partition coefficient (Wildman–Crippen LogP) is 3.51. The van der Waals surface area contributed by atoms with E-state index in [4.69, 9.17) is 9.47 Å². The van der Waals surface area contributed by atoms with Gasteiger partial charge in [-0.05, 0) is 36.8 Å². The molecule has 1 aromatic heterocycles. The maximum absolute atomic E-state index is 12.3. The van der Waals surface area contributed by atoms with E-state index in [-0.39, 0.29) is 5.91 Å². The molecule has 0 aliphatic heterocycles. The van der Waals surface area contributed by atoms with Crippen LogP contribution < -0.4 is 14.8 Å². The Morgan fingerprint density at radius 3 is 2.71 bits per heavy atom. The van der Waals surface area contributed by atoms with Crippen LogP contribution in [0.15, 0.2) is 48.5 Å². The number of H-pyrrole nitrogens is 1. The van der Waals surface area contributed by atoms with Gasteiger partial charge in [-0.1, -0.05) is 24.3 Å². The number of aromatic nitrogens is 1. The van der Waals surface area contributed by atoms with Gasteiger partial charge in [0.15, 0.2) is 11.5 Å². The zero-order chi connectivity index (χ0) is 16.9. The number of fused-ring (bicyclic) bond motifs is 1. The summed E-state index contributed by atoms with van der Waals surface area (Å²) in [7, 11) is 1.61. The second kappa shape index (κ2) is 7.08. The smallest absolute Gasteiger partial charge is 0.267 e. The van der Waals surface area contributed by atoms with Crippen LogP contribution in [0.1, 0.15) is 23.0 Å². The Kier molecular flexibility index (Phi) is 4.70. The number of ether oxygens (including phenoxy) is 2. The number of para-hydroxylation sites is 1. The van der Waals surface area contributed by atoms with Gasteiger partial charge in [0.05, 0.1) is 13.7 Å². The van der Waals surface area contributed by atoms with Gasteiger partial charge in [0.2, 0.25) is 0 Å². The molecule has 0 saturated carbocycles. The van der Waals surface area contributed by atoms with E-state index in [0.717, 1.165) is 16.5 Å². The number of carbonyl (C=O) groups is 1. The Morgan fingerprint density at radius 2 is 1.96 bits per heavy atom. The Hall–Kier alpha value is -2.95. The molecule has 1 amide bonds. The SMILES string of the molecule is CCOc1cc(CNC(=O)c2cc3ccccc3[nH]2)ccc1OC. The first kappa shape index (κ1) is 15.9. The van der Waals surface area contributed by atoms with Gasteiger partial charge in [-0.25, -0.2) is 0 Å². The van der Waals surface area contributed by atoms with E-state index in [0.29, 0.717) is 30.3 Å². The number of aromatic amines is 1. The van der Waals surface area contributed by atoms with Crippen LogP contribution in [-0.2, 0) is 6.54 Å². The summed E-state index contributed by atoms with van der Waals surface area (Å²) >= 11 is 0. The standard InChI is InChI=1S/C19H20N2O3/c1-3-24-18-10-13(8-9-17(18)23-2)12-20-19(22)16-11-14-6-4-5-7-15(14)21-16/h4-11,21H,3,12H2,1-2H3,(H,20,22). The lowest BCUT2D eigenvalue weighted by molar-refractivity contribution is 0.0946. The minimum Gasteiger partial charge on any atom is -0.493 e. The van der Waals surface area contributed by atoms with Crippen LogP contribution in [-0.4, -0.2) is 24.6 Å². The molecule has 0 radical (unpaired) electrons. The zero-order valence-corrected chi connectivity index (χ0v) is 13.8. The highest BCUT2D eigenvalue weighted by molar-refractivity contribution is 5.97. The van der Waals surface area contributed by atoms with Gasteiger partial charge in [0.25, 0.3) is 5.91 Å². The van der Waals surface area contributed by atoms with Crippen molar-refractivity contribution < 1.29 is 14.3 Å². The predicted molar refractivity (Wildman–Crippen MR) is 93.6 cm³/mol. The molecule has 24 heavy (non-hydrogen) atoms. The van der Waals surface area contributed by atoms with Crippen LogP contribution >= 0.6 is 0 Å². The van der Waals surface area contributed by atoms with Crippen molar-refractivity contribution in [1.29, 1.82) is 0 Å². The molecule has 0 saturated heterocycles. The van der Waals surface area contributed by atoms with Crippen molar-refractivity contribution in [2.45, 2.75) is 13.5 Å². The molecule has 0 bridgehead atoms. The van der Waals surface area contributed by atoms with Gasteiger partial charge in [-0.15, -0.1) is 0 Å². The summed E-state index contributed by atoms with van der Waals surface area (Å²) in [6.45, 7) is 2.89. The quantitative estimate of drug-likeness (QED) is 0.729. The second-order valence-corrected chi connectivity index (χ2v) is 5.37. The van der Waals surface area contributed by atoms with E-state index in [2.05, 4.69) is 10.3 Å². The molecule has 124 valence electrons. The third-order valence-corrected chi connectivity index (χ3v) is 3.76. The number of methoxy groups -OCH3 is 1.